The molecule has 0 aliphatic carbocycles. The number of furan rings is 1. The first-order valence-electron chi connectivity index (χ1n) is 18.5. The first-order chi connectivity index (χ1) is 27.2. The van der Waals surface area contributed by atoms with E-state index in [2.05, 4.69) is 170 Å². The molecule has 9 aromatic carbocycles. The van der Waals surface area contributed by atoms with Crippen LogP contribution in [-0.2, 0) is 0 Å². The SMILES string of the molecule is c1ccc(-c2ccc3ccc(-c4nc(-c5ccc(-c6cccc7ccccc67)cc5)nc(-c5ccc6cc7c(cc6c5)oc5ccccc57)n4)cc3c2)cc1. The van der Waals surface area contributed by atoms with Crippen molar-refractivity contribution in [1.29, 1.82) is 0 Å². The fourth-order valence-corrected chi connectivity index (χ4v) is 7.84. The summed E-state index contributed by atoms with van der Waals surface area (Å²) in [4.78, 5) is 15.4. The van der Waals surface area contributed by atoms with Crippen LogP contribution in [0.15, 0.2) is 192 Å². The largest absolute Gasteiger partial charge is 0.456 e. The standard InChI is InChI=1S/C51H31N3O/c1-2-9-32(10-3-1)37-23-17-33-18-25-39(28-41(33)27-37)50-52-49(36-21-19-35(20-22-36)44-15-8-12-34-11-4-5-13-43(34)44)53-51(54-50)40-26-24-38-30-46-45-14-6-7-16-47(45)55-48(46)31-42(38)29-40/h1-31H. The lowest BCUT2D eigenvalue weighted by Crippen LogP contribution is -2.00. The number of hydrogen-bond acceptors (Lipinski definition) is 4. The Morgan fingerprint density at radius 1 is 0.273 bits per heavy atom. The molecule has 4 nitrogen and oxygen atoms in total. The van der Waals surface area contributed by atoms with Crippen molar-refractivity contribution in [2.45, 2.75) is 0 Å². The topological polar surface area (TPSA) is 51.8 Å². The first-order valence-corrected chi connectivity index (χ1v) is 18.5. The molecule has 0 saturated heterocycles. The molecule has 0 aliphatic rings. The molecule has 4 heteroatoms. The van der Waals surface area contributed by atoms with Gasteiger partial charge in [-0.3, -0.25) is 0 Å². The maximum atomic E-state index is 6.26. The molecule has 0 spiro atoms. The van der Waals surface area contributed by atoms with Gasteiger partial charge in [0.15, 0.2) is 17.5 Å². The minimum atomic E-state index is 0.614. The van der Waals surface area contributed by atoms with E-state index in [1.54, 1.807) is 0 Å². The average Bonchev–Trinajstić information content (AvgIpc) is 3.62. The maximum Gasteiger partial charge on any atom is 0.164 e. The summed E-state index contributed by atoms with van der Waals surface area (Å²) in [6.45, 7) is 0. The predicted octanol–water partition coefficient (Wildman–Crippen LogP) is 13.6. The highest BCUT2D eigenvalue weighted by atomic mass is 16.3. The zero-order valence-corrected chi connectivity index (χ0v) is 29.6. The molecule has 0 amide bonds. The summed E-state index contributed by atoms with van der Waals surface area (Å²) < 4.78 is 6.26. The highest BCUT2D eigenvalue weighted by molar-refractivity contribution is 6.10. The summed E-state index contributed by atoms with van der Waals surface area (Å²) in [5, 5.41) is 9.16. The summed E-state index contributed by atoms with van der Waals surface area (Å²) in [6, 6.07) is 66.0. The molecule has 0 aliphatic heterocycles. The summed E-state index contributed by atoms with van der Waals surface area (Å²) in [5.74, 6) is 1.86. The van der Waals surface area contributed by atoms with Crippen molar-refractivity contribution < 1.29 is 4.42 Å². The minimum absolute atomic E-state index is 0.614. The molecule has 256 valence electrons. The molecule has 0 bridgehead atoms. The average molecular weight is 702 g/mol. The normalized spacial score (nSPS) is 11.6. The molecular formula is C51H31N3O. The number of fused-ring (bicyclic) bond motifs is 6. The second-order valence-electron chi connectivity index (χ2n) is 14.1. The van der Waals surface area contributed by atoms with Crippen LogP contribution in [0.3, 0.4) is 0 Å². The van der Waals surface area contributed by atoms with Crippen LogP contribution in [0.25, 0.3) is 111 Å². The molecular weight excluding hydrogens is 671 g/mol. The fourth-order valence-electron chi connectivity index (χ4n) is 7.84. The summed E-state index contributed by atoms with van der Waals surface area (Å²) in [6.07, 6.45) is 0. The lowest BCUT2D eigenvalue weighted by Gasteiger charge is -2.11. The van der Waals surface area contributed by atoms with Crippen LogP contribution in [0, 0.1) is 0 Å². The number of hydrogen-bond donors (Lipinski definition) is 0. The van der Waals surface area contributed by atoms with Gasteiger partial charge in [0.2, 0.25) is 0 Å². The summed E-state index contributed by atoms with van der Waals surface area (Å²) >= 11 is 0. The molecule has 0 N–H and O–H groups in total. The van der Waals surface area contributed by atoms with E-state index in [1.807, 2.05) is 18.2 Å². The van der Waals surface area contributed by atoms with Crippen molar-refractivity contribution >= 4 is 54.3 Å². The van der Waals surface area contributed by atoms with E-state index >= 15 is 0 Å². The van der Waals surface area contributed by atoms with E-state index in [0.717, 1.165) is 65.7 Å². The van der Waals surface area contributed by atoms with E-state index in [-0.39, 0.29) is 0 Å². The van der Waals surface area contributed by atoms with E-state index in [4.69, 9.17) is 19.4 Å². The highest BCUT2D eigenvalue weighted by Crippen LogP contribution is 2.36. The van der Waals surface area contributed by atoms with E-state index in [0.29, 0.717) is 17.5 Å². The van der Waals surface area contributed by atoms with Crippen LogP contribution < -0.4 is 0 Å². The second kappa shape index (κ2) is 12.6. The second-order valence-corrected chi connectivity index (χ2v) is 14.1. The molecule has 0 saturated carbocycles. The highest BCUT2D eigenvalue weighted by Gasteiger charge is 2.15. The molecule has 0 fully saturated rings. The number of aromatic nitrogens is 3. The molecule has 11 rings (SSSR count). The Kier molecular flexibility index (Phi) is 7.14. The number of nitrogens with zero attached hydrogens (tertiary/aromatic N) is 3. The van der Waals surface area contributed by atoms with Gasteiger partial charge >= 0.3 is 0 Å². The number of rotatable bonds is 5. The van der Waals surface area contributed by atoms with Gasteiger partial charge in [-0.1, -0.05) is 152 Å². The molecule has 0 unspecified atom stereocenters. The van der Waals surface area contributed by atoms with Crippen LogP contribution in [0.4, 0.5) is 0 Å². The van der Waals surface area contributed by atoms with Crippen LogP contribution >= 0.6 is 0 Å². The van der Waals surface area contributed by atoms with E-state index in [1.165, 1.54) is 27.5 Å². The molecule has 0 atom stereocenters. The fraction of sp³-hybridized carbons (Fsp3) is 0. The minimum Gasteiger partial charge on any atom is -0.456 e. The zero-order chi connectivity index (χ0) is 36.3. The van der Waals surface area contributed by atoms with Crippen molar-refractivity contribution in [2.75, 3.05) is 0 Å². The Morgan fingerprint density at radius 3 is 1.62 bits per heavy atom. The van der Waals surface area contributed by atoms with Gasteiger partial charge in [-0.25, -0.2) is 15.0 Å². The van der Waals surface area contributed by atoms with Gasteiger partial charge in [-0.2, -0.15) is 0 Å². The lowest BCUT2D eigenvalue weighted by molar-refractivity contribution is 0.669. The van der Waals surface area contributed by atoms with Crippen molar-refractivity contribution in [2.24, 2.45) is 0 Å². The third-order valence-corrected chi connectivity index (χ3v) is 10.7. The monoisotopic (exact) mass is 701 g/mol. The first kappa shape index (κ1) is 31.1. The number of para-hydroxylation sites is 1. The predicted molar refractivity (Wildman–Crippen MR) is 227 cm³/mol. The zero-order valence-electron chi connectivity index (χ0n) is 29.6. The summed E-state index contributed by atoms with van der Waals surface area (Å²) in [5.41, 5.74) is 9.20. The van der Waals surface area contributed by atoms with Crippen molar-refractivity contribution in [3.63, 3.8) is 0 Å². The van der Waals surface area contributed by atoms with Crippen LogP contribution in [0.1, 0.15) is 0 Å². The Hall–Kier alpha value is -7.43. The van der Waals surface area contributed by atoms with Crippen LogP contribution in [0.5, 0.6) is 0 Å². The Bertz CT molecular complexity index is 3250. The van der Waals surface area contributed by atoms with Crippen molar-refractivity contribution in [3.8, 4) is 56.4 Å². The Balaban J connectivity index is 1.05. The van der Waals surface area contributed by atoms with E-state index in [9.17, 15) is 0 Å². The van der Waals surface area contributed by atoms with Crippen LogP contribution in [0.2, 0.25) is 0 Å². The van der Waals surface area contributed by atoms with Gasteiger partial charge in [0.25, 0.3) is 0 Å². The smallest absolute Gasteiger partial charge is 0.164 e. The van der Waals surface area contributed by atoms with Gasteiger partial charge in [0.1, 0.15) is 11.2 Å². The maximum absolute atomic E-state index is 6.26. The number of benzene rings is 9. The lowest BCUT2D eigenvalue weighted by atomic mass is 9.97. The Labute approximate surface area is 317 Å². The van der Waals surface area contributed by atoms with Crippen molar-refractivity contribution in [1.82, 2.24) is 15.0 Å². The molecule has 0 radical (unpaired) electrons. The molecule has 2 aromatic heterocycles. The van der Waals surface area contributed by atoms with Gasteiger partial charge in [-0.15, -0.1) is 0 Å². The van der Waals surface area contributed by atoms with E-state index < -0.39 is 0 Å². The third kappa shape index (κ3) is 5.51. The van der Waals surface area contributed by atoms with Gasteiger partial charge in [0.05, 0.1) is 0 Å². The molecule has 2 heterocycles. The van der Waals surface area contributed by atoms with Gasteiger partial charge in [-0.05, 0) is 91.0 Å². The molecule has 55 heavy (non-hydrogen) atoms. The third-order valence-electron chi connectivity index (χ3n) is 10.7. The van der Waals surface area contributed by atoms with Gasteiger partial charge in [0, 0.05) is 27.5 Å². The van der Waals surface area contributed by atoms with Crippen molar-refractivity contribution in [3.05, 3.63) is 188 Å². The van der Waals surface area contributed by atoms with Gasteiger partial charge < -0.3 is 4.42 Å². The Morgan fingerprint density at radius 2 is 0.836 bits per heavy atom. The molecule has 11 aromatic rings. The van der Waals surface area contributed by atoms with Crippen LogP contribution in [-0.4, -0.2) is 15.0 Å². The quantitative estimate of drug-likeness (QED) is 0.179. The summed E-state index contributed by atoms with van der Waals surface area (Å²) in [7, 11) is 0.